The van der Waals surface area contributed by atoms with Crippen LogP contribution in [0.3, 0.4) is 0 Å². The van der Waals surface area contributed by atoms with Crippen molar-refractivity contribution >= 4 is 45.6 Å². The second-order valence-electron chi connectivity index (χ2n) is 6.87. The molecule has 1 amide bonds. The quantitative estimate of drug-likeness (QED) is 0.227. The summed E-state index contributed by atoms with van der Waals surface area (Å²) in [4.78, 5) is 12.4. The predicted molar refractivity (Wildman–Crippen MR) is 126 cm³/mol. The number of aryl methyl sites for hydroxylation is 1. The van der Waals surface area contributed by atoms with Crippen LogP contribution in [-0.4, -0.2) is 16.7 Å². The molecule has 4 nitrogen and oxygen atoms in total. The summed E-state index contributed by atoms with van der Waals surface area (Å²) in [6, 6.07) is 24.2. The lowest BCUT2D eigenvalue weighted by Gasteiger charge is -2.05. The van der Waals surface area contributed by atoms with E-state index >= 15 is 0 Å². The first kappa shape index (κ1) is 19.4. The van der Waals surface area contributed by atoms with E-state index in [0.717, 1.165) is 28.6 Å². The smallest absolute Gasteiger partial charge is 0.271 e. The van der Waals surface area contributed by atoms with Crippen LogP contribution >= 0.6 is 22.6 Å². The first-order valence-corrected chi connectivity index (χ1v) is 10.4. The van der Waals surface area contributed by atoms with Gasteiger partial charge in [0, 0.05) is 38.3 Å². The average Bonchev–Trinajstić information content (AvgIpc) is 3.08. The normalized spacial score (nSPS) is 11.2. The van der Waals surface area contributed by atoms with Gasteiger partial charge in [-0.15, -0.1) is 0 Å². The monoisotopic (exact) mass is 493 g/mol. The van der Waals surface area contributed by atoms with Gasteiger partial charge in [-0.3, -0.25) is 4.79 Å². The van der Waals surface area contributed by atoms with Gasteiger partial charge in [0.05, 0.1) is 6.21 Å². The van der Waals surface area contributed by atoms with Crippen LogP contribution in [0.5, 0.6) is 0 Å². The summed E-state index contributed by atoms with van der Waals surface area (Å²) >= 11 is 2.31. The van der Waals surface area contributed by atoms with E-state index in [9.17, 15) is 4.79 Å². The van der Waals surface area contributed by atoms with Crippen molar-refractivity contribution in [3.63, 3.8) is 0 Å². The molecule has 0 atom stereocenters. The minimum Gasteiger partial charge on any atom is -0.342 e. The molecule has 0 bridgehead atoms. The predicted octanol–water partition coefficient (Wildman–Crippen LogP) is 5.37. The Labute approximate surface area is 183 Å². The Hall–Kier alpha value is -2.93. The number of aromatic nitrogens is 1. The molecule has 0 aliphatic heterocycles. The van der Waals surface area contributed by atoms with Crippen molar-refractivity contribution in [1.82, 2.24) is 9.99 Å². The van der Waals surface area contributed by atoms with Crippen LogP contribution in [0.4, 0.5) is 0 Å². The highest BCUT2D eigenvalue weighted by atomic mass is 127. The minimum atomic E-state index is -0.207. The molecule has 0 aliphatic carbocycles. The second-order valence-corrected chi connectivity index (χ2v) is 8.12. The Morgan fingerprint density at radius 1 is 1.03 bits per heavy atom. The van der Waals surface area contributed by atoms with Gasteiger partial charge in [-0.2, -0.15) is 5.10 Å². The summed E-state index contributed by atoms with van der Waals surface area (Å²) in [5.41, 5.74) is 7.54. The number of nitrogens with zero attached hydrogens (tertiary/aromatic N) is 2. The molecule has 4 aromatic rings. The van der Waals surface area contributed by atoms with Crippen molar-refractivity contribution in [1.29, 1.82) is 0 Å². The van der Waals surface area contributed by atoms with Crippen LogP contribution in [0.25, 0.3) is 10.9 Å². The third kappa shape index (κ3) is 4.40. The zero-order chi connectivity index (χ0) is 20.2. The molecule has 1 heterocycles. The standard InChI is InChI=1S/C24H20IN3O/c1-17-6-2-3-7-21(17)24(29)27-26-14-19-16-28(23-9-5-4-8-22(19)23)15-18-10-12-20(25)13-11-18/h2-14,16H,15H2,1H3,(H,27,29)/b26-14-. The molecule has 0 saturated heterocycles. The van der Waals surface area contributed by atoms with Crippen LogP contribution in [-0.2, 0) is 6.54 Å². The maximum Gasteiger partial charge on any atom is 0.271 e. The maximum atomic E-state index is 12.4. The molecule has 3 aromatic carbocycles. The molecule has 1 aromatic heterocycles. The van der Waals surface area contributed by atoms with E-state index < -0.39 is 0 Å². The lowest BCUT2D eigenvalue weighted by Crippen LogP contribution is -2.18. The summed E-state index contributed by atoms with van der Waals surface area (Å²) in [7, 11) is 0. The number of fused-ring (bicyclic) bond motifs is 1. The fourth-order valence-corrected chi connectivity index (χ4v) is 3.70. The van der Waals surface area contributed by atoms with E-state index in [0.29, 0.717) is 5.56 Å². The number of carbonyl (C=O) groups is 1. The molecule has 1 N–H and O–H groups in total. The largest absolute Gasteiger partial charge is 0.342 e. The number of nitrogens with one attached hydrogen (secondary N) is 1. The third-order valence-electron chi connectivity index (χ3n) is 4.85. The Morgan fingerprint density at radius 3 is 2.55 bits per heavy atom. The lowest BCUT2D eigenvalue weighted by atomic mass is 10.1. The number of rotatable bonds is 5. The van der Waals surface area contributed by atoms with E-state index in [2.05, 4.69) is 80.3 Å². The van der Waals surface area contributed by atoms with Crippen molar-refractivity contribution < 1.29 is 4.79 Å². The van der Waals surface area contributed by atoms with Crippen molar-refractivity contribution in [2.24, 2.45) is 5.10 Å². The fraction of sp³-hybridized carbons (Fsp3) is 0.0833. The number of halogens is 1. The molecule has 0 unspecified atom stereocenters. The molecule has 29 heavy (non-hydrogen) atoms. The van der Waals surface area contributed by atoms with Gasteiger partial charge in [-0.05, 0) is 64.9 Å². The van der Waals surface area contributed by atoms with E-state index in [4.69, 9.17) is 0 Å². The second kappa shape index (κ2) is 8.61. The molecule has 0 aliphatic rings. The highest BCUT2D eigenvalue weighted by Gasteiger charge is 2.09. The number of benzene rings is 3. The fourth-order valence-electron chi connectivity index (χ4n) is 3.34. The van der Waals surface area contributed by atoms with Gasteiger partial charge in [0.25, 0.3) is 5.91 Å². The van der Waals surface area contributed by atoms with Gasteiger partial charge < -0.3 is 4.57 Å². The summed E-state index contributed by atoms with van der Waals surface area (Å²) in [5.74, 6) is -0.207. The molecule has 4 rings (SSSR count). The number of amides is 1. The first-order chi connectivity index (χ1) is 14.1. The van der Waals surface area contributed by atoms with Crippen molar-refractivity contribution in [3.05, 3.63) is 105 Å². The number of hydrazone groups is 1. The number of hydrogen-bond donors (Lipinski definition) is 1. The highest BCUT2D eigenvalue weighted by molar-refractivity contribution is 14.1. The van der Waals surface area contributed by atoms with Crippen molar-refractivity contribution in [3.8, 4) is 0 Å². The third-order valence-corrected chi connectivity index (χ3v) is 5.56. The zero-order valence-electron chi connectivity index (χ0n) is 16.0. The van der Waals surface area contributed by atoms with E-state index in [1.165, 1.54) is 9.13 Å². The van der Waals surface area contributed by atoms with Gasteiger partial charge in [0.15, 0.2) is 0 Å². The van der Waals surface area contributed by atoms with Gasteiger partial charge in [-0.1, -0.05) is 48.5 Å². The molecule has 0 fully saturated rings. The molecule has 5 heteroatoms. The first-order valence-electron chi connectivity index (χ1n) is 9.33. The van der Waals surface area contributed by atoms with Crippen LogP contribution < -0.4 is 5.43 Å². The summed E-state index contributed by atoms with van der Waals surface area (Å²) in [6.07, 6.45) is 3.79. The minimum absolute atomic E-state index is 0.207. The van der Waals surface area contributed by atoms with Crippen molar-refractivity contribution in [2.45, 2.75) is 13.5 Å². The Kier molecular flexibility index (Phi) is 5.76. The lowest BCUT2D eigenvalue weighted by molar-refractivity contribution is 0.0954. The molecule has 0 saturated carbocycles. The zero-order valence-corrected chi connectivity index (χ0v) is 18.1. The van der Waals surface area contributed by atoms with E-state index in [-0.39, 0.29) is 5.91 Å². The molecule has 0 radical (unpaired) electrons. The molecular weight excluding hydrogens is 473 g/mol. The topological polar surface area (TPSA) is 46.4 Å². The van der Waals surface area contributed by atoms with Gasteiger partial charge >= 0.3 is 0 Å². The van der Waals surface area contributed by atoms with Crippen LogP contribution in [0.1, 0.15) is 27.0 Å². The van der Waals surface area contributed by atoms with Gasteiger partial charge in [0.1, 0.15) is 0 Å². The van der Waals surface area contributed by atoms with E-state index in [1.807, 2.05) is 37.3 Å². The molecule has 0 spiro atoms. The Morgan fingerprint density at radius 2 is 1.76 bits per heavy atom. The number of carbonyl (C=O) groups excluding carboxylic acids is 1. The van der Waals surface area contributed by atoms with Crippen molar-refractivity contribution in [2.75, 3.05) is 0 Å². The van der Waals surface area contributed by atoms with Gasteiger partial charge in [0.2, 0.25) is 0 Å². The average molecular weight is 493 g/mol. The maximum absolute atomic E-state index is 12.4. The SMILES string of the molecule is Cc1ccccc1C(=O)N/N=C\c1cn(Cc2ccc(I)cc2)c2ccccc12. The number of para-hydroxylation sites is 1. The van der Waals surface area contributed by atoms with Gasteiger partial charge in [-0.25, -0.2) is 5.43 Å². The Balaban J connectivity index is 1.57. The summed E-state index contributed by atoms with van der Waals surface area (Å²) in [6.45, 7) is 2.69. The molecule has 144 valence electrons. The molecular formula is C24H20IN3O. The van der Waals surface area contributed by atoms with Crippen LogP contribution in [0.15, 0.2) is 84.1 Å². The number of hydrogen-bond acceptors (Lipinski definition) is 2. The van der Waals surface area contributed by atoms with Crippen LogP contribution in [0, 0.1) is 10.5 Å². The summed E-state index contributed by atoms with van der Waals surface area (Å²) in [5, 5.41) is 5.31. The Bertz CT molecular complexity index is 1190. The van der Waals surface area contributed by atoms with E-state index in [1.54, 1.807) is 12.3 Å². The summed E-state index contributed by atoms with van der Waals surface area (Å²) < 4.78 is 3.43. The highest BCUT2D eigenvalue weighted by Crippen LogP contribution is 2.21. The van der Waals surface area contributed by atoms with Crippen LogP contribution in [0.2, 0.25) is 0 Å².